The second-order valence-corrected chi connectivity index (χ2v) is 3.91. The first-order chi connectivity index (χ1) is 7.63. The Morgan fingerprint density at radius 3 is 2.88 bits per heavy atom. The van der Waals surface area contributed by atoms with E-state index >= 15 is 0 Å². The number of hydrogen-bond donors (Lipinski definition) is 1. The molecule has 2 N–H and O–H groups in total. The summed E-state index contributed by atoms with van der Waals surface area (Å²) < 4.78 is 5.02. The fourth-order valence-electron chi connectivity index (χ4n) is 1.57. The molecule has 1 atom stereocenters. The molecule has 1 aromatic carbocycles. The SMILES string of the molecule is CCCC[C@@H](N)c1cccc(OC(C)=O)c1. The Kier molecular flexibility index (Phi) is 4.99. The Hall–Kier alpha value is -1.35. The molecule has 16 heavy (non-hydrogen) atoms. The molecular weight excluding hydrogens is 202 g/mol. The molecule has 0 aliphatic rings. The third kappa shape index (κ3) is 4.03. The highest BCUT2D eigenvalue weighted by Gasteiger charge is 2.07. The van der Waals surface area contributed by atoms with Gasteiger partial charge in [0.1, 0.15) is 5.75 Å². The molecule has 3 heteroatoms. The maximum Gasteiger partial charge on any atom is 0.308 e. The molecule has 0 amide bonds. The number of ether oxygens (including phenoxy) is 1. The van der Waals surface area contributed by atoms with Crippen LogP contribution in [0.3, 0.4) is 0 Å². The van der Waals surface area contributed by atoms with Crippen LogP contribution in [0.15, 0.2) is 24.3 Å². The smallest absolute Gasteiger partial charge is 0.308 e. The molecule has 0 saturated carbocycles. The highest BCUT2D eigenvalue weighted by atomic mass is 16.5. The minimum Gasteiger partial charge on any atom is -0.427 e. The first kappa shape index (κ1) is 12.7. The normalized spacial score (nSPS) is 12.2. The molecule has 0 bridgehead atoms. The number of nitrogens with two attached hydrogens (primary N) is 1. The van der Waals surface area contributed by atoms with Gasteiger partial charge in [-0.2, -0.15) is 0 Å². The number of rotatable bonds is 5. The molecular formula is C13H19NO2. The summed E-state index contributed by atoms with van der Waals surface area (Å²) in [5.41, 5.74) is 7.06. The van der Waals surface area contributed by atoms with Crippen LogP contribution in [0.2, 0.25) is 0 Å². The van der Waals surface area contributed by atoms with E-state index in [1.54, 1.807) is 6.07 Å². The maximum atomic E-state index is 10.8. The molecule has 0 aliphatic carbocycles. The van der Waals surface area contributed by atoms with Gasteiger partial charge in [-0.1, -0.05) is 31.9 Å². The van der Waals surface area contributed by atoms with Crippen molar-refractivity contribution in [1.82, 2.24) is 0 Å². The topological polar surface area (TPSA) is 52.3 Å². The van der Waals surface area contributed by atoms with Gasteiger partial charge in [-0.25, -0.2) is 0 Å². The Labute approximate surface area is 96.6 Å². The molecule has 0 fully saturated rings. The van der Waals surface area contributed by atoms with Crippen LogP contribution in [0, 0.1) is 0 Å². The van der Waals surface area contributed by atoms with E-state index < -0.39 is 0 Å². The first-order valence-electron chi connectivity index (χ1n) is 5.67. The fourth-order valence-corrected chi connectivity index (χ4v) is 1.57. The molecule has 1 aromatic rings. The second kappa shape index (κ2) is 6.28. The number of benzene rings is 1. The van der Waals surface area contributed by atoms with Crippen LogP contribution >= 0.6 is 0 Å². The van der Waals surface area contributed by atoms with Crippen LogP contribution in [0.25, 0.3) is 0 Å². The lowest BCUT2D eigenvalue weighted by Gasteiger charge is -2.12. The van der Waals surface area contributed by atoms with Crippen molar-refractivity contribution in [3.05, 3.63) is 29.8 Å². The Morgan fingerprint density at radius 2 is 2.25 bits per heavy atom. The van der Waals surface area contributed by atoms with Gasteiger partial charge >= 0.3 is 5.97 Å². The van der Waals surface area contributed by atoms with Gasteiger partial charge in [0, 0.05) is 13.0 Å². The van der Waals surface area contributed by atoms with E-state index in [0.717, 1.165) is 24.8 Å². The lowest BCUT2D eigenvalue weighted by atomic mass is 10.0. The predicted octanol–water partition coefficient (Wildman–Crippen LogP) is 2.80. The molecule has 0 heterocycles. The third-order valence-electron chi connectivity index (χ3n) is 2.42. The van der Waals surface area contributed by atoms with Gasteiger partial charge in [0.25, 0.3) is 0 Å². The highest BCUT2D eigenvalue weighted by Crippen LogP contribution is 2.21. The van der Waals surface area contributed by atoms with Crippen molar-refractivity contribution in [3.63, 3.8) is 0 Å². The van der Waals surface area contributed by atoms with Crippen molar-refractivity contribution in [2.75, 3.05) is 0 Å². The van der Waals surface area contributed by atoms with E-state index in [1.165, 1.54) is 6.92 Å². The molecule has 0 aliphatic heterocycles. The molecule has 1 rings (SSSR count). The second-order valence-electron chi connectivity index (χ2n) is 3.91. The van der Waals surface area contributed by atoms with Crippen LogP contribution < -0.4 is 10.5 Å². The summed E-state index contributed by atoms with van der Waals surface area (Å²) in [4.78, 5) is 10.8. The largest absolute Gasteiger partial charge is 0.427 e. The van der Waals surface area contributed by atoms with Crippen LogP contribution in [-0.4, -0.2) is 5.97 Å². The number of carbonyl (C=O) groups excluding carboxylic acids is 1. The van der Waals surface area contributed by atoms with Gasteiger partial charge in [0.05, 0.1) is 0 Å². The minimum atomic E-state index is -0.306. The average Bonchev–Trinajstić information content (AvgIpc) is 2.25. The van der Waals surface area contributed by atoms with Gasteiger partial charge in [0.15, 0.2) is 0 Å². The van der Waals surface area contributed by atoms with Crippen molar-refractivity contribution in [3.8, 4) is 5.75 Å². The minimum absolute atomic E-state index is 0.0236. The molecule has 0 unspecified atom stereocenters. The Balaban J connectivity index is 2.69. The van der Waals surface area contributed by atoms with E-state index in [9.17, 15) is 4.79 Å². The average molecular weight is 221 g/mol. The van der Waals surface area contributed by atoms with E-state index in [-0.39, 0.29) is 12.0 Å². The number of hydrogen-bond acceptors (Lipinski definition) is 3. The number of carbonyl (C=O) groups is 1. The molecule has 0 aromatic heterocycles. The van der Waals surface area contributed by atoms with Crippen LogP contribution in [0.5, 0.6) is 5.75 Å². The van der Waals surface area contributed by atoms with Crippen molar-refractivity contribution in [2.45, 2.75) is 39.2 Å². The predicted molar refractivity (Wildman–Crippen MR) is 64.2 cm³/mol. The van der Waals surface area contributed by atoms with E-state index in [1.807, 2.05) is 18.2 Å². The zero-order valence-corrected chi connectivity index (χ0v) is 9.90. The van der Waals surface area contributed by atoms with Crippen molar-refractivity contribution >= 4 is 5.97 Å². The number of unbranched alkanes of at least 4 members (excludes halogenated alkanes) is 1. The van der Waals surface area contributed by atoms with Crippen molar-refractivity contribution < 1.29 is 9.53 Å². The van der Waals surface area contributed by atoms with Gasteiger partial charge in [-0.3, -0.25) is 4.79 Å². The van der Waals surface area contributed by atoms with Crippen molar-refractivity contribution in [2.24, 2.45) is 5.73 Å². The van der Waals surface area contributed by atoms with Crippen LogP contribution in [0.1, 0.15) is 44.7 Å². The summed E-state index contributed by atoms with van der Waals surface area (Å²) >= 11 is 0. The Morgan fingerprint density at radius 1 is 1.50 bits per heavy atom. The number of esters is 1. The van der Waals surface area contributed by atoms with Crippen molar-refractivity contribution in [1.29, 1.82) is 0 Å². The quantitative estimate of drug-likeness (QED) is 0.614. The third-order valence-corrected chi connectivity index (χ3v) is 2.42. The van der Waals surface area contributed by atoms with Crippen LogP contribution in [0.4, 0.5) is 0 Å². The molecule has 0 radical (unpaired) electrons. The molecule has 0 saturated heterocycles. The van der Waals surface area contributed by atoms with Crippen LogP contribution in [-0.2, 0) is 4.79 Å². The lowest BCUT2D eigenvalue weighted by Crippen LogP contribution is -2.10. The zero-order chi connectivity index (χ0) is 12.0. The first-order valence-corrected chi connectivity index (χ1v) is 5.67. The standard InChI is InChI=1S/C13H19NO2/c1-3-4-8-13(14)11-6-5-7-12(9-11)16-10(2)15/h5-7,9,13H,3-4,8,14H2,1-2H3/t13-/m1/s1. The summed E-state index contributed by atoms with van der Waals surface area (Å²) in [5.74, 6) is 0.260. The maximum absolute atomic E-state index is 10.8. The van der Waals surface area contributed by atoms with E-state index in [4.69, 9.17) is 10.5 Å². The van der Waals surface area contributed by atoms with Gasteiger partial charge in [-0.15, -0.1) is 0 Å². The van der Waals surface area contributed by atoms with Gasteiger partial charge < -0.3 is 10.5 Å². The fraction of sp³-hybridized carbons (Fsp3) is 0.462. The lowest BCUT2D eigenvalue weighted by molar-refractivity contribution is -0.131. The zero-order valence-electron chi connectivity index (χ0n) is 9.90. The summed E-state index contributed by atoms with van der Waals surface area (Å²) in [5, 5.41) is 0. The van der Waals surface area contributed by atoms with E-state index in [2.05, 4.69) is 6.92 Å². The van der Waals surface area contributed by atoms with Gasteiger partial charge in [-0.05, 0) is 24.1 Å². The van der Waals surface area contributed by atoms with Gasteiger partial charge in [0.2, 0.25) is 0 Å². The molecule has 0 spiro atoms. The summed E-state index contributed by atoms with van der Waals surface area (Å²) in [6, 6.07) is 7.45. The monoisotopic (exact) mass is 221 g/mol. The summed E-state index contributed by atoms with van der Waals surface area (Å²) in [7, 11) is 0. The molecule has 3 nitrogen and oxygen atoms in total. The van der Waals surface area contributed by atoms with E-state index in [0.29, 0.717) is 5.75 Å². The summed E-state index contributed by atoms with van der Waals surface area (Å²) in [6.07, 6.45) is 3.20. The molecule has 88 valence electrons. The Bertz CT molecular complexity index is 350. The highest BCUT2D eigenvalue weighted by molar-refractivity contribution is 5.69. The summed E-state index contributed by atoms with van der Waals surface area (Å²) in [6.45, 7) is 3.53.